The predicted molar refractivity (Wildman–Crippen MR) is 63.8 cm³/mol. The summed E-state index contributed by atoms with van der Waals surface area (Å²) in [5.41, 5.74) is 1.43. The third-order valence-electron chi connectivity index (χ3n) is 3.37. The molecule has 0 aromatic carbocycles. The van der Waals surface area contributed by atoms with Crippen LogP contribution in [0.2, 0.25) is 0 Å². The first-order valence-corrected chi connectivity index (χ1v) is 5.81. The molecule has 0 amide bonds. The molecular formula is C12H19N3O. The van der Waals surface area contributed by atoms with E-state index < -0.39 is 0 Å². The number of rotatable bonds is 5. The van der Waals surface area contributed by atoms with Crippen molar-refractivity contribution in [2.75, 3.05) is 19.0 Å². The van der Waals surface area contributed by atoms with E-state index in [-0.39, 0.29) is 0 Å². The average molecular weight is 221 g/mol. The van der Waals surface area contributed by atoms with E-state index in [1.807, 2.05) is 13.0 Å². The number of aromatic nitrogens is 2. The standard InChI is InChI=1S/C12H19N3O/c1-4-12(5-6-12)8-13-11-14-9(2)7-10(15-11)16-3/h7H,4-6,8H2,1-3H3,(H,13,14,15). The van der Waals surface area contributed by atoms with Crippen LogP contribution in [0.1, 0.15) is 31.9 Å². The first-order valence-electron chi connectivity index (χ1n) is 5.81. The molecule has 2 rings (SSSR count). The molecule has 1 heterocycles. The van der Waals surface area contributed by atoms with E-state index >= 15 is 0 Å². The van der Waals surface area contributed by atoms with Crippen molar-refractivity contribution in [1.82, 2.24) is 9.97 Å². The number of nitrogens with zero attached hydrogens (tertiary/aromatic N) is 2. The topological polar surface area (TPSA) is 47.0 Å². The largest absolute Gasteiger partial charge is 0.481 e. The molecule has 0 atom stereocenters. The molecule has 0 aliphatic heterocycles. The highest BCUT2D eigenvalue weighted by Crippen LogP contribution is 2.48. The Hall–Kier alpha value is -1.32. The molecular weight excluding hydrogens is 202 g/mol. The lowest BCUT2D eigenvalue weighted by molar-refractivity contribution is 0.396. The molecule has 0 bridgehead atoms. The van der Waals surface area contributed by atoms with Gasteiger partial charge in [0.2, 0.25) is 11.8 Å². The van der Waals surface area contributed by atoms with E-state index in [9.17, 15) is 0 Å². The van der Waals surface area contributed by atoms with Crippen LogP contribution in [-0.4, -0.2) is 23.6 Å². The van der Waals surface area contributed by atoms with Gasteiger partial charge in [0.25, 0.3) is 0 Å². The maximum Gasteiger partial charge on any atom is 0.226 e. The minimum absolute atomic E-state index is 0.500. The summed E-state index contributed by atoms with van der Waals surface area (Å²) in [5.74, 6) is 1.30. The van der Waals surface area contributed by atoms with Crippen LogP contribution < -0.4 is 10.1 Å². The van der Waals surface area contributed by atoms with Crippen molar-refractivity contribution in [3.05, 3.63) is 11.8 Å². The van der Waals surface area contributed by atoms with Crippen molar-refractivity contribution < 1.29 is 4.74 Å². The van der Waals surface area contributed by atoms with E-state index in [1.165, 1.54) is 19.3 Å². The van der Waals surface area contributed by atoms with Gasteiger partial charge < -0.3 is 10.1 Å². The molecule has 4 heteroatoms. The third kappa shape index (κ3) is 2.43. The molecule has 1 aromatic heterocycles. The Morgan fingerprint density at radius 3 is 2.75 bits per heavy atom. The predicted octanol–water partition coefficient (Wildman–Crippen LogP) is 2.40. The molecule has 0 unspecified atom stereocenters. The van der Waals surface area contributed by atoms with E-state index in [2.05, 4.69) is 22.2 Å². The van der Waals surface area contributed by atoms with Gasteiger partial charge in [0.1, 0.15) is 0 Å². The summed E-state index contributed by atoms with van der Waals surface area (Å²) in [5, 5.41) is 3.31. The molecule has 16 heavy (non-hydrogen) atoms. The zero-order chi connectivity index (χ0) is 11.6. The van der Waals surface area contributed by atoms with Crippen molar-refractivity contribution in [2.45, 2.75) is 33.1 Å². The first-order chi connectivity index (χ1) is 7.67. The highest BCUT2D eigenvalue weighted by molar-refractivity contribution is 5.31. The quantitative estimate of drug-likeness (QED) is 0.829. The van der Waals surface area contributed by atoms with Crippen LogP contribution in [-0.2, 0) is 0 Å². The zero-order valence-electron chi connectivity index (χ0n) is 10.2. The van der Waals surface area contributed by atoms with Gasteiger partial charge in [-0.2, -0.15) is 4.98 Å². The number of aryl methyl sites for hydroxylation is 1. The lowest BCUT2D eigenvalue weighted by Crippen LogP contribution is -2.16. The van der Waals surface area contributed by atoms with Gasteiger partial charge >= 0.3 is 0 Å². The molecule has 1 N–H and O–H groups in total. The second-order valence-electron chi connectivity index (χ2n) is 4.58. The molecule has 1 aromatic rings. The monoisotopic (exact) mass is 221 g/mol. The second-order valence-corrected chi connectivity index (χ2v) is 4.58. The Morgan fingerprint density at radius 1 is 1.44 bits per heavy atom. The third-order valence-corrected chi connectivity index (χ3v) is 3.37. The molecule has 0 spiro atoms. The number of methoxy groups -OCH3 is 1. The van der Waals surface area contributed by atoms with Gasteiger partial charge in [0.15, 0.2) is 0 Å². The number of nitrogens with one attached hydrogen (secondary N) is 1. The normalized spacial score (nSPS) is 16.9. The van der Waals surface area contributed by atoms with Crippen LogP contribution in [0.5, 0.6) is 5.88 Å². The smallest absolute Gasteiger partial charge is 0.226 e. The molecule has 1 aliphatic carbocycles. The van der Waals surface area contributed by atoms with Crippen molar-refractivity contribution in [3.63, 3.8) is 0 Å². The van der Waals surface area contributed by atoms with Gasteiger partial charge in [-0.25, -0.2) is 4.98 Å². The van der Waals surface area contributed by atoms with Crippen LogP contribution in [0.25, 0.3) is 0 Å². The summed E-state index contributed by atoms with van der Waals surface area (Å²) >= 11 is 0. The fourth-order valence-corrected chi connectivity index (χ4v) is 1.82. The van der Waals surface area contributed by atoms with E-state index in [1.54, 1.807) is 7.11 Å². The van der Waals surface area contributed by atoms with Crippen LogP contribution in [0.4, 0.5) is 5.95 Å². The van der Waals surface area contributed by atoms with E-state index in [4.69, 9.17) is 4.74 Å². The van der Waals surface area contributed by atoms with Crippen LogP contribution in [0, 0.1) is 12.3 Å². The lowest BCUT2D eigenvalue weighted by Gasteiger charge is -2.13. The van der Waals surface area contributed by atoms with E-state index in [0.29, 0.717) is 17.2 Å². The number of hydrogen-bond acceptors (Lipinski definition) is 4. The second kappa shape index (κ2) is 4.28. The van der Waals surface area contributed by atoms with Gasteiger partial charge in [-0.15, -0.1) is 0 Å². The van der Waals surface area contributed by atoms with Crippen LogP contribution in [0.15, 0.2) is 6.07 Å². The first kappa shape index (κ1) is 11.2. The summed E-state index contributed by atoms with van der Waals surface area (Å²) < 4.78 is 5.12. The summed E-state index contributed by atoms with van der Waals surface area (Å²) in [4.78, 5) is 8.62. The maximum absolute atomic E-state index is 5.12. The van der Waals surface area contributed by atoms with Gasteiger partial charge in [-0.1, -0.05) is 6.92 Å². The van der Waals surface area contributed by atoms with Gasteiger partial charge in [-0.3, -0.25) is 0 Å². The number of anilines is 1. The average Bonchev–Trinajstić information content (AvgIpc) is 3.06. The highest BCUT2D eigenvalue weighted by Gasteiger charge is 2.40. The maximum atomic E-state index is 5.12. The van der Waals surface area contributed by atoms with Crippen molar-refractivity contribution >= 4 is 5.95 Å². The summed E-state index contributed by atoms with van der Waals surface area (Å²) in [6.45, 7) is 5.16. The van der Waals surface area contributed by atoms with Gasteiger partial charge in [0, 0.05) is 18.3 Å². The number of ether oxygens (including phenoxy) is 1. The molecule has 1 saturated carbocycles. The lowest BCUT2D eigenvalue weighted by atomic mass is 10.0. The fourth-order valence-electron chi connectivity index (χ4n) is 1.82. The minimum atomic E-state index is 0.500. The van der Waals surface area contributed by atoms with Gasteiger partial charge in [-0.05, 0) is 31.6 Å². The van der Waals surface area contributed by atoms with Gasteiger partial charge in [0.05, 0.1) is 7.11 Å². The molecule has 4 nitrogen and oxygen atoms in total. The Labute approximate surface area is 96.4 Å². The summed E-state index contributed by atoms with van der Waals surface area (Å²) in [6, 6.07) is 1.83. The Bertz CT molecular complexity index is 375. The molecule has 1 fully saturated rings. The molecule has 0 radical (unpaired) electrons. The van der Waals surface area contributed by atoms with Crippen molar-refractivity contribution in [3.8, 4) is 5.88 Å². The summed E-state index contributed by atoms with van der Waals surface area (Å²) in [7, 11) is 1.62. The molecule has 88 valence electrons. The van der Waals surface area contributed by atoms with Crippen LogP contribution in [0.3, 0.4) is 0 Å². The highest BCUT2D eigenvalue weighted by atomic mass is 16.5. The minimum Gasteiger partial charge on any atom is -0.481 e. The SMILES string of the molecule is CCC1(CNc2nc(C)cc(OC)n2)CC1. The number of hydrogen-bond donors (Lipinski definition) is 1. The van der Waals surface area contributed by atoms with E-state index in [0.717, 1.165) is 12.2 Å². The fraction of sp³-hybridized carbons (Fsp3) is 0.667. The van der Waals surface area contributed by atoms with Crippen molar-refractivity contribution in [1.29, 1.82) is 0 Å². The van der Waals surface area contributed by atoms with Crippen molar-refractivity contribution in [2.24, 2.45) is 5.41 Å². The zero-order valence-corrected chi connectivity index (χ0v) is 10.2. The molecule has 1 aliphatic rings. The Balaban J connectivity index is 2.01. The molecule has 0 saturated heterocycles. The Kier molecular flexibility index (Phi) is 2.99. The Morgan fingerprint density at radius 2 is 2.19 bits per heavy atom. The van der Waals surface area contributed by atoms with Crippen LogP contribution >= 0.6 is 0 Å². The summed E-state index contributed by atoms with van der Waals surface area (Å²) in [6.07, 6.45) is 3.86.